The highest BCUT2D eigenvalue weighted by Gasteiger charge is 2.04. The Morgan fingerprint density at radius 3 is 2.70 bits per heavy atom. The molecule has 0 unspecified atom stereocenters. The van der Waals surface area contributed by atoms with Gasteiger partial charge in [0.25, 0.3) is 0 Å². The number of nitrogens with one attached hydrogen (secondary N) is 1. The van der Waals surface area contributed by atoms with E-state index in [4.69, 9.17) is 5.11 Å². The number of hydrogen-bond acceptors (Lipinski definition) is 5. The largest absolute Gasteiger partial charge is 0.395 e. The zero-order valence-electron chi connectivity index (χ0n) is 12.2. The number of aromatic nitrogens is 3. The lowest BCUT2D eigenvalue weighted by atomic mass is 10.2. The Bertz CT molecular complexity index is 549. The maximum Gasteiger partial charge on any atom is 0.126 e. The molecule has 0 aromatic carbocycles. The first-order valence-corrected chi connectivity index (χ1v) is 6.61. The topological polar surface area (TPSA) is 66.2 Å². The summed E-state index contributed by atoms with van der Waals surface area (Å²) in [5.74, 6) is 0.828. The minimum atomic E-state index is 0.136. The van der Waals surface area contributed by atoms with Gasteiger partial charge in [0.05, 0.1) is 24.7 Å². The minimum Gasteiger partial charge on any atom is -0.395 e. The molecular weight excluding hydrogens is 254 g/mol. The van der Waals surface area contributed by atoms with Crippen LogP contribution in [0.15, 0.2) is 24.5 Å². The molecule has 108 valence electrons. The number of aliphatic hydroxyl groups excluding tert-OH is 1. The lowest BCUT2D eigenvalue weighted by Crippen LogP contribution is -2.21. The predicted molar refractivity (Wildman–Crippen MR) is 79.9 cm³/mol. The van der Waals surface area contributed by atoms with E-state index in [1.807, 2.05) is 48.9 Å². The number of anilines is 2. The summed E-state index contributed by atoms with van der Waals surface area (Å²) in [6.07, 6.45) is 3.67. The lowest BCUT2D eigenvalue weighted by Gasteiger charge is -2.17. The summed E-state index contributed by atoms with van der Waals surface area (Å²) in [7, 11) is 3.86. The summed E-state index contributed by atoms with van der Waals surface area (Å²) in [6, 6.07) is 3.93. The van der Waals surface area contributed by atoms with E-state index in [1.54, 1.807) is 6.20 Å². The number of aryl methyl sites for hydroxylation is 1. The maximum absolute atomic E-state index is 8.91. The van der Waals surface area contributed by atoms with Crippen LogP contribution in [0.3, 0.4) is 0 Å². The molecule has 2 heterocycles. The third-order valence-corrected chi connectivity index (χ3v) is 3.42. The van der Waals surface area contributed by atoms with E-state index in [-0.39, 0.29) is 6.61 Å². The summed E-state index contributed by atoms with van der Waals surface area (Å²) in [4.78, 5) is 6.33. The highest BCUT2D eigenvalue weighted by molar-refractivity contribution is 5.49. The smallest absolute Gasteiger partial charge is 0.126 e. The number of likely N-dealkylation sites (N-methyl/N-ethyl adjacent to an activating group) is 1. The molecule has 0 aliphatic carbocycles. The van der Waals surface area contributed by atoms with Crippen LogP contribution < -0.4 is 10.2 Å². The van der Waals surface area contributed by atoms with Crippen molar-refractivity contribution in [2.75, 3.05) is 30.4 Å². The Balaban J connectivity index is 1.95. The molecule has 0 aliphatic heterocycles. The van der Waals surface area contributed by atoms with Gasteiger partial charge in [0.15, 0.2) is 0 Å². The van der Waals surface area contributed by atoms with Crippen LogP contribution in [0.25, 0.3) is 0 Å². The first kappa shape index (κ1) is 14.3. The second kappa shape index (κ2) is 6.38. The Kier molecular flexibility index (Phi) is 4.57. The van der Waals surface area contributed by atoms with Crippen molar-refractivity contribution >= 4 is 11.5 Å². The van der Waals surface area contributed by atoms with Crippen LogP contribution in [-0.2, 0) is 13.6 Å². The molecule has 2 rings (SSSR count). The zero-order valence-corrected chi connectivity index (χ0v) is 12.2. The standard InChI is InChI=1S/C14H21N5O/c1-11-12(9-17-19(11)3)8-15-14-5-4-13(10-16-14)18(2)6-7-20/h4-5,9-10,20H,6-8H2,1-3H3,(H,15,16). The van der Waals surface area contributed by atoms with Gasteiger partial charge in [0.1, 0.15) is 5.82 Å². The fraction of sp³-hybridized carbons (Fsp3) is 0.429. The second-order valence-electron chi connectivity index (χ2n) is 4.78. The van der Waals surface area contributed by atoms with Crippen molar-refractivity contribution in [1.29, 1.82) is 0 Å². The molecule has 2 N–H and O–H groups in total. The quantitative estimate of drug-likeness (QED) is 0.828. The molecule has 0 bridgehead atoms. The fourth-order valence-electron chi connectivity index (χ4n) is 1.90. The number of aliphatic hydroxyl groups is 1. The van der Waals surface area contributed by atoms with Crippen LogP contribution in [0.1, 0.15) is 11.3 Å². The third kappa shape index (κ3) is 3.27. The first-order valence-electron chi connectivity index (χ1n) is 6.61. The summed E-state index contributed by atoms with van der Waals surface area (Å²) in [5, 5.41) is 16.4. The van der Waals surface area contributed by atoms with Crippen molar-refractivity contribution in [1.82, 2.24) is 14.8 Å². The normalized spacial score (nSPS) is 10.6. The van der Waals surface area contributed by atoms with Gasteiger partial charge in [0.2, 0.25) is 0 Å². The zero-order chi connectivity index (χ0) is 14.5. The van der Waals surface area contributed by atoms with E-state index < -0.39 is 0 Å². The molecule has 0 atom stereocenters. The molecule has 0 aliphatic rings. The maximum atomic E-state index is 8.91. The summed E-state index contributed by atoms with van der Waals surface area (Å²) in [5.41, 5.74) is 3.30. The van der Waals surface area contributed by atoms with Crippen molar-refractivity contribution in [2.45, 2.75) is 13.5 Å². The van der Waals surface area contributed by atoms with Gasteiger partial charge in [-0.3, -0.25) is 4.68 Å². The van der Waals surface area contributed by atoms with Crippen molar-refractivity contribution < 1.29 is 5.11 Å². The van der Waals surface area contributed by atoms with E-state index in [9.17, 15) is 0 Å². The molecule has 0 fully saturated rings. The number of rotatable bonds is 6. The van der Waals surface area contributed by atoms with Crippen LogP contribution in [0.2, 0.25) is 0 Å². The molecule has 0 saturated heterocycles. The lowest BCUT2D eigenvalue weighted by molar-refractivity contribution is 0.304. The van der Waals surface area contributed by atoms with Crippen molar-refractivity contribution in [3.05, 3.63) is 35.8 Å². The van der Waals surface area contributed by atoms with Crippen LogP contribution in [0, 0.1) is 6.92 Å². The average molecular weight is 275 g/mol. The van der Waals surface area contributed by atoms with Gasteiger partial charge in [-0.2, -0.15) is 5.10 Å². The van der Waals surface area contributed by atoms with Gasteiger partial charge in [-0.05, 0) is 19.1 Å². The third-order valence-electron chi connectivity index (χ3n) is 3.42. The average Bonchev–Trinajstić information content (AvgIpc) is 2.77. The highest BCUT2D eigenvalue weighted by Crippen LogP contribution is 2.14. The molecule has 0 saturated carbocycles. The Morgan fingerprint density at radius 2 is 2.15 bits per heavy atom. The van der Waals surface area contributed by atoms with Crippen molar-refractivity contribution in [3.63, 3.8) is 0 Å². The fourth-order valence-corrected chi connectivity index (χ4v) is 1.90. The molecule has 2 aromatic heterocycles. The van der Waals surface area contributed by atoms with Crippen molar-refractivity contribution in [3.8, 4) is 0 Å². The van der Waals surface area contributed by atoms with Crippen LogP contribution in [0.5, 0.6) is 0 Å². The van der Waals surface area contributed by atoms with Crippen LogP contribution >= 0.6 is 0 Å². The number of nitrogens with zero attached hydrogens (tertiary/aromatic N) is 4. The van der Waals surface area contributed by atoms with E-state index in [2.05, 4.69) is 15.4 Å². The second-order valence-corrected chi connectivity index (χ2v) is 4.78. The SMILES string of the molecule is Cc1c(CNc2ccc(N(C)CCO)cn2)cnn1C. The Labute approximate surface area is 119 Å². The molecule has 0 radical (unpaired) electrons. The summed E-state index contributed by atoms with van der Waals surface area (Å²) >= 11 is 0. The monoisotopic (exact) mass is 275 g/mol. The summed E-state index contributed by atoms with van der Waals surface area (Å²) in [6.45, 7) is 3.49. The van der Waals surface area contributed by atoms with E-state index in [0.29, 0.717) is 13.1 Å². The van der Waals surface area contributed by atoms with Gasteiger partial charge in [-0.1, -0.05) is 0 Å². The van der Waals surface area contributed by atoms with Gasteiger partial charge in [-0.25, -0.2) is 4.98 Å². The van der Waals surface area contributed by atoms with E-state index in [0.717, 1.165) is 22.8 Å². The molecule has 6 nitrogen and oxygen atoms in total. The number of pyridine rings is 1. The van der Waals surface area contributed by atoms with Gasteiger partial charge < -0.3 is 15.3 Å². The van der Waals surface area contributed by atoms with Crippen LogP contribution in [0.4, 0.5) is 11.5 Å². The van der Waals surface area contributed by atoms with E-state index >= 15 is 0 Å². The number of hydrogen-bond donors (Lipinski definition) is 2. The Hall–Kier alpha value is -2.08. The molecule has 20 heavy (non-hydrogen) atoms. The molecule has 6 heteroatoms. The minimum absolute atomic E-state index is 0.136. The van der Waals surface area contributed by atoms with Crippen molar-refractivity contribution in [2.24, 2.45) is 7.05 Å². The Morgan fingerprint density at radius 1 is 1.35 bits per heavy atom. The highest BCUT2D eigenvalue weighted by atomic mass is 16.3. The predicted octanol–water partition coefficient (Wildman–Crippen LogP) is 1.16. The van der Waals surface area contributed by atoms with E-state index in [1.165, 1.54) is 0 Å². The molecular formula is C14H21N5O. The van der Waals surface area contributed by atoms with Crippen LogP contribution in [-0.4, -0.2) is 40.1 Å². The molecule has 0 spiro atoms. The van der Waals surface area contributed by atoms with Gasteiger partial charge >= 0.3 is 0 Å². The first-order chi connectivity index (χ1) is 9.61. The molecule has 0 amide bonds. The molecule has 2 aromatic rings. The van der Waals surface area contributed by atoms with Gasteiger partial charge in [0, 0.05) is 38.4 Å². The van der Waals surface area contributed by atoms with Gasteiger partial charge in [-0.15, -0.1) is 0 Å². The summed E-state index contributed by atoms with van der Waals surface area (Å²) < 4.78 is 1.86.